The summed E-state index contributed by atoms with van der Waals surface area (Å²) in [4.78, 5) is 14.9. The lowest BCUT2D eigenvalue weighted by Gasteiger charge is -1.92. The summed E-state index contributed by atoms with van der Waals surface area (Å²) in [5, 5.41) is 0. The molecule has 0 saturated carbocycles. The van der Waals surface area contributed by atoms with Crippen LogP contribution in [0.25, 0.3) is 0 Å². The van der Waals surface area contributed by atoms with E-state index in [9.17, 15) is 4.79 Å². The first-order valence-electron chi connectivity index (χ1n) is 3.02. The Labute approximate surface area is 78.5 Å². The van der Waals surface area contributed by atoms with Crippen molar-refractivity contribution in [3.8, 4) is 0 Å². The van der Waals surface area contributed by atoms with E-state index in [1.54, 1.807) is 12.3 Å². The molecule has 0 amide bonds. The normalized spacial score (nSPS) is 9.18. The molecule has 3 heteroatoms. The highest BCUT2D eigenvalue weighted by atomic mass is 127. The van der Waals surface area contributed by atoms with E-state index < -0.39 is 0 Å². The van der Waals surface area contributed by atoms with Gasteiger partial charge < -0.3 is 0 Å². The summed E-state index contributed by atoms with van der Waals surface area (Å²) < 4.78 is 1.02. The first kappa shape index (κ1) is 8.39. The van der Waals surface area contributed by atoms with Crippen LogP contribution in [0.1, 0.15) is 10.5 Å². The third kappa shape index (κ3) is 2.11. The van der Waals surface area contributed by atoms with Gasteiger partial charge in [-0.05, 0) is 40.8 Å². The van der Waals surface area contributed by atoms with E-state index in [1.807, 2.05) is 6.07 Å². The average Bonchev–Trinajstić information content (AvgIpc) is 2.05. The van der Waals surface area contributed by atoms with Gasteiger partial charge in [0.15, 0.2) is 0 Å². The van der Waals surface area contributed by atoms with Crippen molar-refractivity contribution in [2.45, 2.75) is 0 Å². The number of pyridine rings is 1. The second kappa shape index (κ2) is 3.61. The second-order valence-electron chi connectivity index (χ2n) is 1.93. The van der Waals surface area contributed by atoms with Crippen LogP contribution < -0.4 is 0 Å². The molecule has 2 nitrogen and oxygen atoms in total. The monoisotopic (exact) mass is 259 g/mol. The maximum atomic E-state index is 10.9. The highest BCUT2D eigenvalue weighted by Gasteiger charge is 2.00. The third-order valence-corrected chi connectivity index (χ3v) is 1.80. The molecule has 0 N–H and O–H groups in total. The maximum absolute atomic E-state index is 10.9. The van der Waals surface area contributed by atoms with Gasteiger partial charge in [0.2, 0.25) is 5.78 Å². The van der Waals surface area contributed by atoms with Crippen LogP contribution in [0.4, 0.5) is 0 Å². The molecular weight excluding hydrogens is 253 g/mol. The van der Waals surface area contributed by atoms with Gasteiger partial charge in [0, 0.05) is 9.77 Å². The Bertz CT molecular complexity index is 279. The first-order chi connectivity index (χ1) is 5.24. The number of aromatic nitrogens is 1. The summed E-state index contributed by atoms with van der Waals surface area (Å²) in [6, 6.07) is 3.52. The molecule has 0 fully saturated rings. The van der Waals surface area contributed by atoms with Crippen molar-refractivity contribution < 1.29 is 4.79 Å². The van der Waals surface area contributed by atoms with Gasteiger partial charge in [-0.25, -0.2) is 0 Å². The number of nitrogens with zero attached hydrogens (tertiary/aromatic N) is 1. The molecule has 0 saturated heterocycles. The fourth-order valence-corrected chi connectivity index (χ4v) is 0.945. The molecule has 0 aromatic carbocycles. The quantitative estimate of drug-likeness (QED) is 0.462. The Morgan fingerprint density at radius 2 is 2.36 bits per heavy atom. The summed E-state index contributed by atoms with van der Waals surface area (Å²) in [5.74, 6) is -0.138. The molecule has 0 aliphatic rings. The van der Waals surface area contributed by atoms with Gasteiger partial charge in [0.1, 0.15) is 5.69 Å². The topological polar surface area (TPSA) is 30.0 Å². The summed E-state index contributed by atoms with van der Waals surface area (Å²) in [7, 11) is 0. The Morgan fingerprint density at radius 3 is 2.82 bits per heavy atom. The maximum Gasteiger partial charge on any atom is 0.203 e. The van der Waals surface area contributed by atoms with Crippen molar-refractivity contribution in [2.24, 2.45) is 0 Å². The molecule has 11 heavy (non-hydrogen) atoms. The highest BCUT2D eigenvalue weighted by Crippen LogP contribution is 2.03. The molecule has 0 aliphatic heterocycles. The van der Waals surface area contributed by atoms with Crippen LogP contribution in [-0.4, -0.2) is 10.8 Å². The SMILES string of the molecule is C=CC(=O)c1ccc(I)cn1. The van der Waals surface area contributed by atoms with Crippen LogP contribution in [0.2, 0.25) is 0 Å². The van der Waals surface area contributed by atoms with Crippen LogP contribution in [0.15, 0.2) is 31.0 Å². The zero-order valence-electron chi connectivity index (χ0n) is 5.75. The first-order valence-corrected chi connectivity index (χ1v) is 4.10. The fourth-order valence-electron chi connectivity index (χ4n) is 0.626. The van der Waals surface area contributed by atoms with E-state index in [4.69, 9.17) is 0 Å². The average molecular weight is 259 g/mol. The number of halogens is 1. The van der Waals surface area contributed by atoms with Crippen molar-refractivity contribution in [3.05, 3.63) is 40.2 Å². The van der Waals surface area contributed by atoms with Crippen LogP contribution in [0.3, 0.4) is 0 Å². The number of ketones is 1. The molecule has 1 aromatic heterocycles. The predicted octanol–water partition coefficient (Wildman–Crippen LogP) is 2.05. The van der Waals surface area contributed by atoms with E-state index in [0.717, 1.165) is 3.57 Å². The summed E-state index contributed by atoms with van der Waals surface area (Å²) >= 11 is 2.13. The minimum absolute atomic E-state index is 0.138. The molecule has 56 valence electrons. The van der Waals surface area contributed by atoms with E-state index in [1.165, 1.54) is 6.08 Å². The van der Waals surface area contributed by atoms with Crippen LogP contribution in [-0.2, 0) is 0 Å². The van der Waals surface area contributed by atoms with Gasteiger partial charge in [-0.3, -0.25) is 9.78 Å². The molecular formula is C8H6INO. The van der Waals surface area contributed by atoms with Crippen molar-refractivity contribution in [3.63, 3.8) is 0 Å². The van der Waals surface area contributed by atoms with Crippen molar-refractivity contribution in [1.82, 2.24) is 4.98 Å². The fraction of sp³-hybridized carbons (Fsp3) is 0. The summed E-state index contributed by atoms with van der Waals surface area (Å²) in [5.41, 5.74) is 0.445. The number of carbonyl (C=O) groups excluding carboxylic acids is 1. The molecule has 0 radical (unpaired) electrons. The van der Waals surface area contributed by atoms with E-state index in [-0.39, 0.29) is 5.78 Å². The Kier molecular flexibility index (Phi) is 2.76. The van der Waals surface area contributed by atoms with E-state index >= 15 is 0 Å². The lowest BCUT2D eigenvalue weighted by molar-refractivity contribution is 0.104. The Hall–Kier alpha value is -0.710. The number of rotatable bonds is 2. The smallest absolute Gasteiger partial charge is 0.203 e. The number of allylic oxidation sites excluding steroid dienone is 1. The minimum atomic E-state index is -0.138. The zero-order chi connectivity index (χ0) is 8.27. The van der Waals surface area contributed by atoms with Gasteiger partial charge >= 0.3 is 0 Å². The summed E-state index contributed by atoms with van der Waals surface area (Å²) in [6.45, 7) is 3.37. The Balaban J connectivity index is 2.98. The van der Waals surface area contributed by atoms with Gasteiger partial charge in [0.05, 0.1) is 0 Å². The van der Waals surface area contributed by atoms with Gasteiger partial charge in [-0.1, -0.05) is 6.58 Å². The zero-order valence-corrected chi connectivity index (χ0v) is 7.91. The molecule has 0 unspecified atom stereocenters. The van der Waals surface area contributed by atoms with Crippen LogP contribution in [0, 0.1) is 3.57 Å². The van der Waals surface area contributed by atoms with E-state index in [0.29, 0.717) is 5.69 Å². The van der Waals surface area contributed by atoms with Crippen LogP contribution in [0.5, 0.6) is 0 Å². The van der Waals surface area contributed by atoms with Gasteiger partial charge in [0.25, 0.3) is 0 Å². The lowest BCUT2D eigenvalue weighted by Crippen LogP contribution is -1.96. The number of carbonyl (C=O) groups is 1. The minimum Gasteiger partial charge on any atom is -0.288 e. The van der Waals surface area contributed by atoms with Crippen LogP contribution >= 0.6 is 22.6 Å². The Morgan fingerprint density at radius 1 is 1.64 bits per heavy atom. The molecule has 0 atom stereocenters. The molecule has 0 bridgehead atoms. The molecule has 1 aromatic rings. The van der Waals surface area contributed by atoms with Gasteiger partial charge in [-0.2, -0.15) is 0 Å². The largest absolute Gasteiger partial charge is 0.288 e. The van der Waals surface area contributed by atoms with Gasteiger partial charge in [-0.15, -0.1) is 0 Å². The predicted molar refractivity (Wildman–Crippen MR) is 51.5 cm³/mol. The second-order valence-corrected chi connectivity index (χ2v) is 3.18. The molecule has 1 heterocycles. The van der Waals surface area contributed by atoms with Crippen molar-refractivity contribution in [2.75, 3.05) is 0 Å². The summed E-state index contributed by atoms with van der Waals surface area (Å²) in [6.07, 6.45) is 2.91. The third-order valence-electron chi connectivity index (χ3n) is 1.17. The standard InChI is InChI=1S/C8H6INO/c1-2-8(11)7-4-3-6(9)5-10-7/h2-5H,1H2. The molecule has 1 rings (SSSR count). The van der Waals surface area contributed by atoms with Crippen molar-refractivity contribution in [1.29, 1.82) is 0 Å². The van der Waals surface area contributed by atoms with E-state index in [2.05, 4.69) is 34.2 Å². The van der Waals surface area contributed by atoms with Crippen molar-refractivity contribution >= 4 is 28.4 Å². The lowest BCUT2D eigenvalue weighted by atomic mass is 10.2. The number of hydrogen-bond acceptors (Lipinski definition) is 2. The molecule has 0 spiro atoms. The molecule has 0 aliphatic carbocycles. The number of hydrogen-bond donors (Lipinski definition) is 0. The highest BCUT2D eigenvalue weighted by molar-refractivity contribution is 14.1.